The average molecular weight is 331 g/mol. The Labute approximate surface area is 133 Å². The number of hydrogen-bond donors (Lipinski definition) is 1. The Morgan fingerprint density at radius 2 is 2.14 bits per heavy atom. The number of aromatic nitrogens is 3. The fraction of sp³-hybridized carbons (Fsp3) is 0.0769. The molecule has 0 amide bonds. The van der Waals surface area contributed by atoms with Crippen LogP contribution in [0.1, 0.15) is 11.3 Å². The van der Waals surface area contributed by atoms with Crippen LogP contribution in [0.4, 0.5) is 10.8 Å². The lowest BCUT2D eigenvalue weighted by atomic mass is 10.2. The van der Waals surface area contributed by atoms with Crippen LogP contribution in [0.15, 0.2) is 28.4 Å². The monoisotopic (exact) mass is 330 g/mol. The second-order valence-corrected chi connectivity index (χ2v) is 5.38. The van der Waals surface area contributed by atoms with E-state index in [1.807, 2.05) is 0 Å². The highest BCUT2D eigenvalue weighted by atomic mass is 35.5. The molecule has 0 aromatic carbocycles. The molecule has 3 aromatic heterocycles. The molecule has 0 aliphatic rings. The van der Waals surface area contributed by atoms with E-state index in [1.165, 1.54) is 12.1 Å². The first-order valence-electron chi connectivity index (χ1n) is 6.03. The van der Waals surface area contributed by atoms with E-state index in [9.17, 15) is 5.11 Å². The van der Waals surface area contributed by atoms with Crippen molar-refractivity contribution in [1.29, 1.82) is 5.26 Å². The molecular weight excluding hydrogens is 324 g/mol. The van der Waals surface area contributed by atoms with Gasteiger partial charge >= 0.3 is 0 Å². The number of hydrogen-bond acceptors (Lipinski definition) is 8. The second kappa shape index (κ2) is 5.63. The van der Waals surface area contributed by atoms with Gasteiger partial charge in [-0.25, -0.2) is 9.97 Å². The first-order chi connectivity index (χ1) is 10.6. The Balaban J connectivity index is 2.02. The van der Waals surface area contributed by atoms with E-state index >= 15 is 0 Å². The standard InChI is InChI=1S/C13H7ClN6OS/c1-6-7(5-15)4-8-12(16-6)20-22-13(8)19-18-10-3-2-9(21)11(14)17-10/h2-4,21H,1H3. The molecule has 1 N–H and O–H groups in total. The van der Waals surface area contributed by atoms with Crippen LogP contribution in [0.25, 0.3) is 11.0 Å². The van der Waals surface area contributed by atoms with Crippen LogP contribution in [0.3, 0.4) is 0 Å². The SMILES string of the molecule is Cc1nc2nsc(N=Nc3ccc(O)c(Cl)n3)c2cc1C#N. The Kier molecular flexibility index (Phi) is 3.66. The van der Waals surface area contributed by atoms with Crippen molar-refractivity contribution >= 4 is 45.0 Å². The third-order valence-electron chi connectivity index (χ3n) is 2.82. The molecule has 0 radical (unpaired) electrons. The molecule has 9 heteroatoms. The summed E-state index contributed by atoms with van der Waals surface area (Å²) in [6.07, 6.45) is 0. The minimum atomic E-state index is -0.123. The normalized spacial score (nSPS) is 11.1. The van der Waals surface area contributed by atoms with Crippen LogP contribution in [-0.2, 0) is 0 Å². The number of halogens is 1. The van der Waals surface area contributed by atoms with Gasteiger partial charge in [0.2, 0.25) is 0 Å². The van der Waals surface area contributed by atoms with E-state index in [2.05, 4.69) is 30.6 Å². The fourth-order valence-electron chi connectivity index (χ4n) is 1.71. The Morgan fingerprint density at radius 1 is 1.32 bits per heavy atom. The number of fused-ring (bicyclic) bond motifs is 1. The highest BCUT2D eigenvalue weighted by Crippen LogP contribution is 2.32. The van der Waals surface area contributed by atoms with Gasteiger partial charge in [0.15, 0.2) is 27.4 Å². The Hall–Kier alpha value is -2.63. The van der Waals surface area contributed by atoms with Crippen LogP contribution < -0.4 is 0 Å². The molecule has 0 saturated carbocycles. The Morgan fingerprint density at radius 3 is 2.86 bits per heavy atom. The molecule has 0 bridgehead atoms. The van der Waals surface area contributed by atoms with Crippen molar-refractivity contribution in [3.05, 3.63) is 34.6 Å². The molecule has 0 unspecified atom stereocenters. The van der Waals surface area contributed by atoms with Crippen LogP contribution in [-0.4, -0.2) is 19.4 Å². The van der Waals surface area contributed by atoms with Gasteiger partial charge in [-0.05, 0) is 36.7 Å². The summed E-state index contributed by atoms with van der Waals surface area (Å²) in [5, 5.41) is 27.5. The molecule has 108 valence electrons. The van der Waals surface area contributed by atoms with E-state index in [1.54, 1.807) is 13.0 Å². The molecule has 7 nitrogen and oxygen atoms in total. The van der Waals surface area contributed by atoms with Gasteiger partial charge in [-0.1, -0.05) is 11.6 Å². The van der Waals surface area contributed by atoms with E-state index in [-0.39, 0.29) is 16.7 Å². The summed E-state index contributed by atoms with van der Waals surface area (Å²) in [6.45, 7) is 1.75. The summed E-state index contributed by atoms with van der Waals surface area (Å²) in [5.41, 5.74) is 1.61. The number of aromatic hydroxyl groups is 1. The summed E-state index contributed by atoms with van der Waals surface area (Å²) in [6, 6.07) is 6.63. The molecule has 0 saturated heterocycles. The van der Waals surface area contributed by atoms with Gasteiger partial charge in [0.25, 0.3) is 0 Å². The van der Waals surface area contributed by atoms with Crippen molar-refractivity contribution in [3.8, 4) is 11.8 Å². The summed E-state index contributed by atoms with van der Waals surface area (Å²) >= 11 is 6.83. The van der Waals surface area contributed by atoms with Crippen molar-refractivity contribution in [1.82, 2.24) is 14.3 Å². The van der Waals surface area contributed by atoms with E-state index in [0.717, 1.165) is 11.5 Å². The summed E-state index contributed by atoms with van der Waals surface area (Å²) in [4.78, 5) is 8.12. The van der Waals surface area contributed by atoms with Crippen molar-refractivity contribution in [2.45, 2.75) is 6.92 Å². The van der Waals surface area contributed by atoms with Gasteiger partial charge in [-0.2, -0.15) is 9.64 Å². The summed E-state index contributed by atoms with van der Waals surface area (Å²) in [5.74, 6) is 0.132. The zero-order valence-corrected chi connectivity index (χ0v) is 12.7. The largest absolute Gasteiger partial charge is 0.505 e. The number of nitrogens with zero attached hydrogens (tertiary/aromatic N) is 6. The van der Waals surface area contributed by atoms with E-state index < -0.39 is 0 Å². The zero-order chi connectivity index (χ0) is 15.7. The lowest BCUT2D eigenvalue weighted by Crippen LogP contribution is -1.87. The van der Waals surface area contributed by atoms with Crippen LogP contribution in [0, 0.1) is 18.3 Å². The van der Waals surface area contributed by atoms with Crippen molar-refractivity contribution in [2.24, 2.45) is 10.2 Å². The quantitative estimate of drug-likeness (QED) is 0.563. The fourth-order valence-corrected chi connectivity index (χ4v) is 2.50. The lowest BCUT2D eigenvalue weighted by Gasteiger charge is -1.96. The zero-order valence-electron chi connectivity index (χ0n) is 11.1. The van der Waals surface area contributed by atoms with Crippen LogP contribution in [0.2, 0.25) is 5.15 Å². The van der Waals surface area contributed by atoms with Gasteiger partial charge in [-0.3, -0.25) is 0 Å². The molecule has 0 fully saturated rings. The first kappa shape index (κ1) is 14.3. The number of rotatable bonds is 2. The molecule has 0 spiro atoms. The van der Waals surface area contributed by atoms with E-state index in [4.69, 9.17) is 16.9 Å². The molecule has 3 rings (SSSR count). The maximum Gasteiger partial charge on any atom is 0.176 e. The molecule has 0 atom stereocenters. The predicted molar refractivity (Wildman–Crippen MR) is 82.0 cm³/mol. The first-order valence-corrected chi connectivity index (χ1v) is 7.18. The number of aryl methyl sites for hydroxylation is 1. The van der Waals surface area contributed by atoms with Crippen LogP contribution >= 0.6 is 23.1 Å². The third-order valence-corrected chi connectivity index (χ3v) is 3.84. The lowest BCUT2D eigenvalue weighted by molar-refractivity contribution is 0.473. The van der Waals surface area contributed by atoms with Gasteiger partial charge in [0.05, 0.1) is 16.6 Å². The Bertz CT molecular complexity index is 946. The topological polar surface area (TPSA) is 107 Å². The van der Waals surface area contributed by atoms with Crippen LogP contribution in [0.5, 0.6) is 5.75 Å². The van der Waals surface area contributed by atoms with Crippen molar-refractivity contribution in [2.75, 3.05) is 0 Å². The van der Waals surface area contributed by atoms with Crippen molar-refractivity contribution in [3.63, 3.8) is 0 Å². The molecule has 0 aliphatic heterocycles. The predicted octanol–water partition coefficient (Wildman–Crippen LogP) is 4.04. The highest BCUT2D eigenvalue weighted by molar-refractivity contribution is 7.11. The summed E-state index contributed by atoms with van der Waals surface area (Å²) in [7, 11) is 0. The molecule has 3 aromatic rings. The number of azo groups is 1. The third kappa shape index (κ3) is 2.59. The summed E-state index contributed by atoms with van der Waals surface area (Å²) < 4.78 is 4.18. The van der Waals surface area contributed by atoms with Gasteiger partial charge in [-0.15, -0.1) is 10.2 Å². The maximum atomic E-state index is 9.31. The van der Waals surface area contributed by atoms with Gasteiger partial charge in [0.1, 0.15) is 6.07 Å². The number of pyridine rings is 2. The maximum absolute atomic E-state index is 9.31. The molecule has 3 heterocycles. The van der Waals surface area contributed by atoms with E-state index in [0.29, 0.717) is 27.3 Å². The second-order valence-electron chi connectivity index (χ2n) is 4.27. The molecule has 22 heavy (non-hydrogen) atoms. The van der Waals surface area contributed by atoms with Crippen molar-refractivity contribution < 1.29 is 5.11 Å². The average Bonchev–Trinajstić information content (AvgIpc) is 2.89. The smallest absolute Gasteiger partial charge is 0.176 e. The minimum Gasteiger partial charge on any atom is -0.505 e. The molecule has 0 aliphatic carbocycles. The minimum absolute atomic E-state index is 0.0466. The van der Waals surface area contributed by atoms with Gasteiger partial charge in [0, 0.05) is 0 Å². The van der Waals surface area contributed by atoms with Gasteiger partial charge < -0.3 is 5.11 Å². The highest BCUT2D eigenvalue weighted by Gasteiger charge is 2.10. The number of nitriles is 1. The molecular formula is C13H7ClN6OS.